The zero-order valence-electron chi connectivity index (χ0n) is 13.2. The molecule has 136 valence electrons. The molecule has 1 aromatic rings. The molecular weight excluding hydrogens is 337 g/mol. The minimum Gasteiger partial charge on any atom is -0.504 e. The number of rotatable bonds is 10. The van der Waals surface area contributed by atoms with Gasteiger partial charge < -0.3 is 26.4 Å². The molecule has 0 spiro atoms. The Kier molecular flexibility index (Phi) is 8.17. The number of unbranched alkanes of at least 4 members (excludes halogenated alkanes) is 2. The van der Waals surface area contributed by atoms with Crippen molar-refractivity contribution < 1.29 is 28.8 Å². The maximum absolute atomic E-state index is 11.9. The van der Waals surface area contributed by atoms with E-state index < -0.39 is 19.6 Å². The lowest BCUT2D eigenvalue weighted by atomic mass is 10.1. The zero-order chi connectivity index (χ0) is 18.2. The number of amides is 1. The van der Waals surface area contributed by atoms with Crippen molar-refractivity contribution in [2.24, 2.45) is 11.5 Å². The van der Waals surface area contributed by atoms with Crippen LogP contribution in [0.5, 0.6) is 11.5 Å². The highest BCUT2D eigenvalue weighted by molar-refractivity contribution is 7.46. The lowest BCUT2D eigenvalue weighted by Crippen LogP contribution is -2.42. The monoisotopic (exact) mass is 361 g/mol. The second-order valence-corrected chi connectivity index (χ2v) is 6.50. The van der Waals surface area contributed by atoms with Crippen LogP contribution in [0, 0.1) is 0 Å². The van der Waals surface area contributed by atoms with E-state index in [0.717, 1.165) is 19.3 Å². The highest BCUT2D eigenvalue weighted by Gasteiger charge is 2.19. The lowest BCUT2D eigenvalue weighted by Gasteiger charge is -2.14. The summed E-state index contributed by atoms with van der Waals surface area (Å²) in [5.41, 5.74) is 11.7. The first kappa shape index (κ1) is 20.4. The van der Waals surface area contributed by atoms with Gasteiger partial charge in [0, 0.05) is 6.54 Å². The van der Waals surface area contributed by atoms with Gasteiger partial charge >= 0.3 is 7.82 Å². The molecule has 0 aliphatic heterocycles. The number of aromatic hydroxyl groups is 1. The predicted molar refractivity (Wildman–Crippen MR) is 88.4 cm³/mol. The Balaban J connectivity index is 2.51. The number of phenols is 1. The van der Waals surface area contributed by atoms with Crippen LogP contribution in [0.1, 0.15) is 24.8 Å². The van der Waals surface area contributed by atoms with Gasteiger partial charge in [-0.05, 0) is 43.5 Å². The van der Waals surface area contributed by atoms with Crippen molar-refractivity contribution in [2.45, 2.75) is 31.7 Å². The molecule has 0 aromatic heterocycles. The van der Waals surface area contributed by atoms with Gasteiger partial charge in [-0.25, -0.2) is 4.57 Å². The highest BCUT2D eigenvalue weighted by atomic mass is 31.2. The van der Waals surface area contributed by atoms with E-state index in [1.165, 1.54) is 18.2 Å². The molecule has 0 aliphatic rings. The SMILES string of the molecule is NCCCCCNC(=O)C(N)Cc1ccc(OP(=O)(O)O)c(O)c1. The Morgan fingerprint density at radius 1 is 1.29 bits per heavy atom. The van der Waals surface area contributed by atoms with Crippen molar-refractivity contribution in [1.82, 2.24) is 5.32 Å². The molecule has 1 atom stereocenters. The number of carbonyl (C=O) groups is 1. The number of hydrogen-bond acceptors (Lipinski definition) is 6. The van der Waals surface area contributed by atoms with Gasteiger partial charge in [0.2, 0.25) is 5.91 Å². The van der Waals surface area contributed by atoms with Crippen molar-refractivity contribution >= 4 is 13.7 Å². The third-order valence-electron chi connectivity index (χ3n) is 3.21. The molecule has 0 saturated heterocycles. The first-order valence-corrected chi connectivity index (χ1v) is 9.06. The molecule has 0 aliphatic carbocycles. The molecule has 1 unspecified atom stereocenters. The second-order valence-electron chi connectivity index (χ2n) is 5.33. The number of phosphoric acid groups is 1. The summed E-state index contributed by atoms with van der Waals surface area (Å²) in [7, 11) is -4.75. The molecule has 8 N–H and O–H groups in total. The molecule has 0 bridgehead atoms. The van der Waals surface area contributed by atoms with Crippen LogP contribution in [0.25, 0.3) is 0 Å². The van der Waals surface area contributed by atoms with Gasteiger partial charge in [-0.2, -0.15) is 0 Å². The molecule has 1 rings (SSSR count). The first-order chi connectivity index (χ1) is 11.2. The van der Waals surface area contributed by atoms with Crippen LogP contribution >= 0.6 is 7.82 Å². The van der Waals surface area contributed by atoms with Crippen molar-refractivity contribution in [3.8, 4) is 11.5 Å². The van der Waals surface area contributed by atoms with Crippen LogP contribution in [0.2, 0.25) is 0 Å². The van der Waals surface area contributed by atoms with E-state index in [9.17, 15) is 14.5 Å². The molecule has 0 saturated carbocycles. The van der Waals surface area contributed by atoms with E-state index in [1.807, 2.05) is 0 Å². The van der Waals surface area contributed by atoms with Gasteiger partial charge in [-0.1, -0.05) is 12.5 Å². The number of nitrogens with two attached hydrogens (primary N) is 2. The minimum atomic E-state index is -4.75. The Hall–Kier alpha value is -1.64. The average Bonchev–Trinajstić information content (AvgIpc) is 2.48. The van der Waals surface area contributed by atoms with Gasteiger partial charge in [0.05, 0.1) is 6.04 Å². The molecule has 9 nitrogen and oxygen atoms in total. The molecule has 1 amide bonds. The fourth-order valence-electron chi connectivity index (χ4n) is 2.03. The highest BCUT2D eigenvalue weighted by Crippen LogP contribution is 2.41. The summed E-state index contributed by atoms with van der Waals surface area (Å²) in [4.78, 5) is 29.3. The van der Waals surface area contributed by atoms with Crippen LogP contribution in [0.4, 0.5) is 0 Å². The molecule has 1 aromatic carbocycles. The topological polar surface area (TPSA) is 168 Å². The standard InChI is InChI=1S/C14H24N3O6P/c15-6-2-1-3-7-17-14(19)11(16)8-10-4-5-13(12(18)9-10)23-24(20,21)22/h4-5,9,11,18H,1-3,6-8,15-16H2,(H,17,19)(H2,20,21,22). The van der Waals surface area contributed by atoms with Gasteiger partial charge in [0.1, 0.15) is 0 Å². The molecule has 0 heterocycles. The van der Waals surface area contributed by atoms with Gasteiger partial charge in [-0.15, -0.1) is 0 Å². The number of benzene rings is 1. The second kappa shape index (κ2) is 9.61. The van der Waals surface area contributed by atoms with Crippen LogP contribution in [-0.2, 0) is 15.8 Å². The molecular formula is C14H24N3O6P. The predicted octanol–water partition coefficient (Wildman–Crippen LogP) is -0.0213. The van der Waals surface area contributed by atoms with Crippen LogP contribution in [-0.4, -0.2) is 39.9 Å². The van der Waals surface area contributed by atoms with Gasteiger partial charge in [0.15, 0.2) is 11.5 Å². The normalized spacial score (nSPS) is 12.7. The van der Waals surface area contributed by atoms with Gasteiger partial charge in [-0.3, -0.25) is 14.6 Å². The summed E-state index contributed by atoms with van der Waals surface area (Å²) in [6, 6.07) is 3.13. The molecule has 24 heavy (non-hydrogen) atoms. The Bertz CT molecular complexity index is 592. The van der Waals surface area contributed by atoms with Crippen molar-refractivity contribution in [2.75, 3.05) is 13.1 Å². The number of phenolic OH excluding ortho intramolecular Hbond substituents is 1. The summed E-state index contributed by atoms with van der Waals surface area (Å²) in [6.07, 6.45) is 2.83. The fourth-order valence-corrected chi connectivity index (χ4v) is 2.44. The molecule has 0 radical (unpaired) electrons. The van der Waals surface area contributed by atoms with E-state index in [1.54, 1.807) is 0 Å². The quantitative estimate of drug-likeness (QED) is 0.249. The van der Waals surface area contributed by atoms with E-state index in [4.69, 9.17) is 21.3 Å². The zero-order valence-corrected chi connectivity index (χ0v) is 14.1. The number of phosphoric ester groups is 1. The first-order valence-electron chi connectivity index (χ1n) is 7.53. The average molecular weight is 361 g/mol. The third-order valence-corrected chi connectivity index (χ3v) is 3.65. The minimum absolute atomic E-state index is 0.165. The summed E-state index contributed by atoms with van der Waals surface area (Å²) in [5, 5.41) is 12.4. The molecule has 0 fully saturated rings. The van der Waals surface area contributed by atoms with Crippen LogP contribution in [0.15, 0.2) is 18.2 Å². The summed E-state index contributed by atoms with van der Waals surface area (Å²) >= 11 is 0. The number of hydrogen-bond donors (Lipinski definition) is 6. The van der Waals surface area contributed by atoms with E-state index >= 15 is 0 Å². The third kappa shape index (κ3) is 7.76. The van der Waals surface area contributed by atoms with Crippen molar-refractivity contribution in [1.29, 1.82) is 0 Å². The molecule has 10 heteroatoms. The largest absolute Gasteiger partial charge is 0.524 e. The number of carbonyl (C=O) groups excluding carboxylic acids is 1. The van der Waals surface area contributed by atoms with Crippen LogP contribution < -0.4 is 21.3 Å². The summed E-state index contributed by atoms with van der Waals surface area (Å²) < 4.78 is 15.1. The Morgan fingerprint density at radius 2 is 2.00 bits per heavy atom. The lowest BCUT2D eigenvalue weighted by molar-refractivity contribution is -0.122. The van der Waals surface area contributed by atoms with Crippen molar-refractivity contribution in [3.63, 3.8) is 0 Å². The van der Waals surface area contributed by atoms with E-state index in [-0.39, 0.29) is 18.1 Å². The Labute approximate surface area is 140 Å². The fraction of sp³-hybridized carbons (Fsp3) is 0.500. The summed E-state index contributed by atoms with van der Waals surface area (Å²) in [6.45, 7) is 1.14. The van der Waals surface area contributed by atoms with E-state index in [0.29, 0.717) is 18.7 Å². The number of nitrogens with one attached hydrogen (secondary N) is 1. The maximum Gasteiger partial charge on any atom is 0.524 e. The van der Waals surface area contributed by atoms with E-state index in [2.05, 4.69) is 9.84 Å². The van der Waals surface area contributed by atoms with Crippen LogP contribution in [0.3, 0.4) is 0 Å². The summed E-state index contributed by atoms with van der Waals surface area (Å²) in [5.74, 6) is -1.09. The van der Waals surface area contributed by atoms with Gasteiger partial charge in [0.25, 0.3) is 0 Å². The maximum atomic E-state index is 11.9. The van der Waals surface area contributed by atoms with Crippen molar-refractivity contribution in [3.05, 3.63) is 23.8 Å². The Morgan fingerprint density at radius 3 is 2.58 bits per heavy atom. The smallest absolute Gasteiger partial charge is 0.504 e.